The summed E-state index contributed by atoms with van der Waals surface area (Å²) in [6.07, 6.45) is 4.10. The molecule has 0 saturated heterocycles. The summed E-state index contributed by atoms with van der Waals surface area (Å²) in [4.78, 5) is 4.29. The molecule has 1 aromatic heterocycles. The van der Waals surface area contributed by atoms with Gasteiger partial charge in [-0.1, -0.05) is 6.07 Å². The van der Waals surface area contributed by atoms with Crippen LogP contribution in [-0.4, -0.2) is 30.9 Å². The third-order valence-corrected chi connectivity index (χ3v) is 4.74. The summed E-state index contributed by atoms with van der Waals surface area (Å²) in [7, 11) is 3.22. The smallest absolute Gasteiger partial charge is 0.174 e. The Balaban J connectivity index is 0.00000261. The van der Waals surface area contributed by atoms with E-state index >= 15 is 0 Å². The number of fused-ring (bicyclic) bond motifs is 1. The number of nitrogens with zero attached hydrogens (tertiary/aromatic N) is 1. The van der Waals surface area contributed by atoms with E-state index in [1.165, 1.54) is 0 Å². The number of halogens is 2. The molecule has 2 aromatic carbocycles. The van der Waals surface area contributed by atoms with Crippen LogP contribution in [0.25, 0.3) is 10.8 Å². The van der Waals surface area contributed by atoms with E-state index in [0.29, 0.717) is 35.7 Å². The molecule has 0 spiro atoms. The van der Waals surface area contributed by atoms with Crippen molar-refractivity contribution in [2.75, 3.05) is 20.8 Å². The molecule has 3 rings (SSSR count). The van der Waals surface area contributed by atoms with E-state index in [0.717, 1.165) is 21.0 Å². The molecule has 0 unspecified atom stereocenters. The van der Waals surface area contributed by atoms with Gasteiger partial charge in [0, 0.05) is 17.8 Å². The molecule has 1 heterocycles. The van der Waals surface area contributed by atoms with E-state index in [1.807, 2.05) is 31.3 Å². The summed E-state index contributed by atoms with van der Waals surface area (Å²) >= 11 is 3.52. The summed E-state index contributed by atoms with van der Waals surface area (Å²) in [6.45, 7) is 2.37. The lowest BCUT2D eigenvalue weighted by atomic mass is 10.00. The third kappa shape index (κ3) is 4.22. The van der Waals surface area contributed by atoms with Crippen molar-refractivity contribution >= 4 is 39.1 Å². The first-order chi connectivity index (χ1) is 12.6. The number of phenolic OH excluding ortho intramolecular Hbond substituents is 1. The van der Waals surface area contributed by atoms with Gasteiger partial charge < -0.3 is 19.3 Å². The van der Waals surface area contributed by atoms with Crippen molar-refractivity contribution in [3.63, 3.8) is 0 Å². The highest BCUT2D eigenvalue weighted by atomic mass is 79.9. The number of hydrogen-bond acceptors (Lipinski definition) is 5. The van der Waals surface area contributed by atoms with E-state index in [9.17, 15) is 5.11 Å². The van der Waals surface area contributed by atoms with Crippen molar-refractivity contribution in [3.8, 4) is 23.0 Å². The molecule has 1 N–H and O–H groups in total. The van der Waals surface area contributed by atoms with Crippen LogP contribution in [0.15, 0.2) is 41.1 Å². The van der Waals surface area contributed by atoms with E-state index < -0.39 is 0 Å². The second kappa shape index (κ2) is 9.15. The molecule has 0 amide bonds. The van der Waals surface area contributed by atoms with Gasteiger partial charge in [-0.05, 0) is 64.0 Å². The predicted octanol–water partition coefficient (Wildman–Crippen LogP) is 5.13. The SMILES string of the molecule is CCOc1ccc2c(Cc3cc(Br)c(OC)c(OC)c3)cncc2c1O.Cl. The Morgan fingerprint density at radius 1 is 1.04 bits per heavy atom. The second-order valence-electron chi connectivity index (χ2n) is 5.73. The zero-order chi connectivity index (χ0) is 18.7. The standard InChI is InChI=1S/C20H20BrNO4.ClH/c1-4-26-17-6-5-14-13(10-22-11-15(14)19(17)23)7-12-8-16(21)20(25-3)18(9-12)24-2;/h5-6,8-11,23H,4,7H2,1-3H3;1H. The van der Waals surface area contributed by atoms with Crippen LogP contribution in [0.5, 0.6) is 23.0 Å². The Bertz CT molecular complexity index is 949. The normalized spacial score (nSPS) is 10.4. The van der Waals surface area contributed by atoms with E-state index in [2.05, 4.69) is 20.9 Å². The first kappa shape index (κ1) is 21.1. The van der Waals surface area contributed by atoms with Crippen LogP contribution in [0.2, 0.25) is 0 Å². The zero-order valence-corrected chi connectivity index (χ0v) is 17.7. The number of benzene rings is 2. The van der Waals surface area contributed by atoms with Gasteiger partial charge in [0.1, 0.15) is 0 Å². The molecule has 0 bridgehead atoms. The summed E-state index contributed by atoms with van der Waals surface area (Å²) in [5.74, 6) is 1.90. The minimum absolute atomic E-state index is 0. The number of aromatic hydroxyl groups is 1. The van der Waals surface area contributed by atoms with Gasteiger partial charge in [-0.25, -0.2) is 0 Å². The van der Waals surface area contributed by atoms with Crippen LogP contribution in [0.3, 0.4) is 0 Å². The first-order valence-electron chi connectivity index (χ1n) is 8.20. The molecule has 0 aliphatic heterocycles. The Kier molecular flexibility index (Phi) is 7.16. The predicted molar refractivity (Wildman–Crippen MR) is 112 cm³/mol. The van der Waals surface area contributed by atoms with Crippen molar-refractivity contribution in [1.29, 1.82) is 0 Å². The van der Waals surface area contributed by atoms with E-state index in [4.69, 9.17) is 14.2 Å². The van der Waals surface area contributed by atoms with Gasteiger partial charge in [0.2, 0.25) is 0 Å². The summed E-state index contributed by atoms with van der Waals surface area (Å²) in [6, 6.07) is 7.67. The molecule has 0 atom stereocenters. The quantitative estimate of drug-likeness (QED) is 0.559. The molecule has 0 fully saturated rings. The van der Waals surface area contributed by atoms with Crippen molar-refractivity contribution in [1.82, 2.24) is 4.98 Å². The maximum atomic E-state index is 10.5. The largest absolute Gasteiger partial charge is 0.504 e. The van der Waals surface area contributed by atoms with Crippen LogP contribution < -0.4 is 14.2 Å². The highest BCUT2D eigenvalue weighted by Crippen LogP contribution is 2.38. The van der Waals surface area contributed by atoms with Crippen molar-refractivity contribution in [2.45, 2.75) is 13.3 Å². The first-order valence-corrected chi connectivity index (χ1v) is 9.00. The van der Waals surface area contributed by atoms with Gasteiger partial charge >= 0.3 is 0 Å². The van der Waals surface area contributed by atoms with Crippen LogP contribution in [-0.2, 0) is 6.42 Å². The summed E-state index contributed by atoms with van der Waals surface area (Å²) < 4.78 is 17.1. The van der Waals surface area contributed by atoms with Gasteiger partial charge in [0.25, 0.3) is 0 Å². The van der Waals surface area contributed by atoms with Crippen LogP contribution in [0.4, 0.5) is 0 Å². The fourth-order valence-corrected chi connectivity index (χ4v) is 3.63. The maximum absolute atomic E-state index is 10.5. The summed E-state index contributed by atoms with van der Waals surface area (Å²) in [5, 5.41) is 12.1. The molecule has 0 radical (unpaired) electrons. The molecule has 0 aliphatic carbocycles. The molecule has 27 heavy (non-hydrogen) atoms. The van der Waals surface area contributed by atoms with E-state index in [-0.39, 0.29) is 18.2 Å². The number of ether oxygens (including phenoxy) is 3. The lowest BCUT2D eigenvalue weighted by Gasteiger charge is -2.14. The molecule has 0 saturated carbocycles. The number of pyridine rings is 1. The number of methoxy groups -OCH3 is 2. The summed E-state index contributed by atoms with van der Waals surface area (Å²) in [5.41, 5.74) is 2.04. The molecular weight excluding hydrogens is 434 g/mol. The average molecular weight is 455 g/mol. The van der Waals surface area contributed by atoms with Crippen molar-refractivity contribution in [3.05, 3.63) is 52.3 Å². The highest BCUT2D eigenvalue weighted by molar-refractivity contribution is 9.10. The number of phenols is 1. The average Bonchev–Trinajstić information content (AvgIpc) is 2.64. The lowest BCUT2D eigenvalue weighted by molar-refractivity contribution is 0.320. The second-order valence-corrected chi connectivity index (χ2v) is 6.58. The van der Waals surface area contributed by atoms with E-state index in [1.54, 1.807) is 26.5 Å². The van der Waals surface area contributed by atoms with Crippen LogP contribution in [0, 0.1) is 0 Å². The van der Waals surface area contributed by atoms with Gasteiger partial charge in [-0.15, -0.1) is 12.4 Å². The van der Waals surface area contributed by atoms with Gasteiger partial charge in [0.15, 0.2) is 23.0 Å². The van der Waals surface area contributed by atoms with Crippen LogP contribution >= 0.6 is 28.3 Å². The van der Waals surface area contributed by atoms with Crippen molar-refractivity contribution in [2.24, 2.45) is 0 Å². The molecule has 3 aromatic rings. The minimum atomic E-state index is 0. The maximum Gasteiger partial charge on any atom is 0.174 e. The van der Waals surface area contributed by atoms with Gasteiger partial charge in [-0.2, -0.15) is 0 Å². The van der Waals surface area contributed by atoms with Gasteiger partial charge in [0.05, 0.1) is 25.3 Å². The third-order valence-electron chi connectivity index (χ3n) is 4.15. The molecule has 144 valence electrons. The Hall–Kier alpha value is -2.18. The number of aromatic nitrogens is 1. The minimum Gasteiger partial charge on any atom is -0.504 e. The zero-order valence-electron chi connectivity index (χ0n) is 15.3. The Labute approximate surface area is 172 Å². The van der Waals surface area contributed by atoms with Crippen LogP contribution in [0.1, 0.15) is 18.1 Å². The fraction of sp³-hybridized carbons (Fsp3) is 0.250. The fourth-order valence-electron chi connectivity index (χ4n) is 2.98. The monoisotopic (exact) mass is 453 g/mol. The number of rotatable bonds is 6. The lowest BCUT2D eigenvalue weighted by Crippen LogP contribution is -1.97. The van der Waals surface area contributed by atoms with Crippen molar-refractivity contribution < 1.29 is 19.3 Å². The highest BCUT2D eigenvalue weighted by Gasteiger charge is 2.14. The molecule has 5 nitrogen and oxygen atoms in total. The topological polar surface area (TPSA) is 60.8 Å². The number of hydrogen-bond donors (Lipinski definition) is 1. The van der Waals surface area contributed by atoms with Gasteiger partial charge in [-0.3, -0.25) is 4.98 Å². The molecule has 0 aliphatic rings. The Morgan fingerprint density at radius 2 is 1.81 bits per heavy atom. The Morgan fingerprint density at radius 3 is 2.48 bits per heavy atom. The molecule has 7 heteroatoms. The molecular formula is C20H21BrClNO4.